The summed E-state index contributed by atoms with van der Waals surface area (Å²) in [6, 6.07) is 4.28. The number of benzene rings is 1. The predicted octanol–water partition coefficient (Wildman–Crippen LogP) is 2.64. The molecule has 1 saturated carbocycles. The summed E-state index contributed by atoms with van der Waals surface area (Å²) in [6.07, 6.45) is 2.89. The number of Topliss-reactive ketones (excluding diaryl/α,β-unsaturated/α-hetero) is 1. The van der Waals surface area contributed by atoms with Crippen molar-refractivity contribution in [2.24, 2.45) is 16.6 Å². The van der Waals surface area contributed by atoms with E-state index in [1.807, 2.05) is 0 Å². The number of aliphatic imine (C=N–C) groups is 1. The topological polar surface area (TPSA) is 126 Å². The maximum absolute atomic E-state index is 13.2. The largest absolute Gasteiger partial charge is 0.412 e. The zero-order chi connectivity index (χ0) is 17.1. The van der Waals surface area contributed by atoms with Crippen LogP contribution < -0.4 is 5.73 Å². The lowest BCUT2D eigenvalue weighted by molar-refractivity contribution is -0.116. The summed E-state index contributed by atoms with van der Waals surface area (Å²) < 4.78 is 18.2. The molecule has 0 amide bonds. The number of thioether (sulfide) groups is 1. The minimum absolute atomic E-state index is 0. The lowest BCUT2D eigenvalue weighted by Gasteiger charge is -2.01. The van der Waals surface area contributed by atoms with Crippen LogP contribution in [0.5, 0.6) is 0 Å². The first kappa shape index (κ1) is 19.5. The van der Waals surface area contributed by atoms with Crippen molar-refractivity contribution in [2.75, 3.05) is 5.75 Å². The smallest absolute Gasteiger partial charge is 0.183 e. The second-order valence-corrected chi connectivity index (χ2v) is 7.31. The molecule has 3 rings (SSSR count). The van der Waals surface area contributed by atoms with Crippen molar-refractivity contribution in [3.8, 4) is 0 Å². The van der Waals surface area contributed by atoms with Gasteiger partial charge in [0.2, 0.25) is 0 Å². The number of carbonyl (C=O) groups is 1. The van der Waals surface area contributed by atoms with E-state index in [2.05, 4.69) is 31.2 Å². The first-order chi connectivity index (χ1) is 11.5. The van der Waals surface area contributed by atoms with E-state index in [0.29, 0.717) is 28.8 Å². The van der Waals surface area contributed by atoms with E-state index < -0.39 is 0 Å². The molecule has 1 fully saturated rings. The molecule has 1 heterocycles. The second kappa shape index (κ2) is 8.54. The number of carbonyl (C=O) groups excluding carboxylic acids is 1. The van der Waals surface area contributed by atoms with Gasteiger partial charge in [0.05, 0.1) is 15.9 Å². The minimum Gasteiger partial charge on any atom is -0.412 e. The zero-order valence-electron chi connectivity index (χ0n) is 13.0. The van der Waals surface area contributed by atoms with E-state index in [1.165, 1.54) is 30.0 Å². The van der Waals surface area contributed by atoms with Crippen molar-refractivity contribution in [3.63, 3.8) is 0 Å². The average Bonchev–Trinajstić information content (AvgIpc) is 3.22. The SMILES string of the molecule is NC(=Nc1ccc(F)c(Br)c1)c1nonc1SCC(=O)CC1CC1.O. The number of halogens is 2. The summed E-state index contributed by atoms with van der Waals surface area (Å²) in [6.45, 7) is 0. The fourth-order valence-electron chi connectivity index (χ4n) is 2.03. The van der Waals surface area contributed by atoms with Crippen molar-refractivity contribution < 1.29 is 19.3 Å². The molecule has 0 spiro atoms. The van der Waals surface area contributed by atoms with Crippen LogP contribution in [0.4, 0.5) is 10.1 Å². The van der Waals surface area contributed by atoms with Gasteiger partial charge in [0, 0.05) is 6.42 Å². The highest BCUT2D eigenvalue weighted by Gasteiger charge is 2.25. The highest BCUT2D eigenvalue weighted by molar-refractivity contribution is 9.10. The normalized spacial score (nSPS) is 14.2. The van der Waals surface area contributed by atoms with Gasteiger partial charge in [-0.3, -0.25) is 4.79 Å². The molecule has 134 valence electrons. The fraction of sp³-hybridized carbons (Fsp3) is 0.333. The van der Waals surface area contributed by atoms with Gasteiger partial charge in [-0.1, -0.05) is 11.8 Å². The minimum atomic E-state index is -0.388. The third-order valence-corrected chi connectivity index (χ3v) is 5.05. The Morgan fingerprint density at radius 3 is 2.88 bits per heavy atom. The molecule has 0 saturated heterocycles. The molecule has 2 aromatic rings. The van der Waals surface area contributed by atoms with Gasteiger partial charge in [-0.25, -0.2) is 14.0 Å². The Bertz CT molecular complexity index is 795. The fourth-order valence-corrected chi connectivity index (χ4v) is 3.18. The number of aromatic nitrogens is 2. The van der Waals surface area contributed by atoms with Gasteiger partial charge < -0.3 is 11.2 Å². The lowest BCUT2D eigenvalue weighted by Crippen LogP contribution is -2.15. The highest BCUT2D eigenvalue weighted by atomic mass is 79.9. The molecule has 0 unspecified atom stereocenters. The molecule has 1 aromatic carbocycles. The number of hydrogen-bond acceptors (Lipinski definition) is 6. The molecule has 1 aromatic heterocycles. The van der Waals surface area contributed by atoms with E-state index in [9.17, 15) is 9.18 Å². The first-order valence-corrected chi connectivity index (χ1v) is 9.07. The molecular formula is C15H16BrFN4O3S. The molecule has 25 heavy (non-hydrogen) atoms. The summed E-state index contributed by atoms with van der Waals surface area (Å²) in [5.74, 6) is 0.728. The summed E-state index contributed by atoms with van der Waals surface area (Å²) in [4.78, 5) is 16.0. The van der Waals surface area contributed by atoms with Gasteiger partial charge in [-0.15, -0.1) is 0 Å². The van der Waals surface area contributed by atoms with Crippen LogP contribution in [-0.2, 0) is 4.79 Å². The molecule has 4 N–H and O–H groups in total. The van der Waals surface area contributed by atoms with Gasteiger partial charge in [-0.2, -0.15) is 0 Å². The van der Waals surface area contributed by atoms with Crippen LogP contribution in [0, 0.1) is 11.7 Å². The van der Waals surface area contributed by atoms with Gasteiger partial charge >= 0.3 is 0 Å². The summed E-state index contributed by atoms with van der Waals surface area (Å²) >= 11 is 4.32. The number of nitrogens with two attached hydrogens (primary N) is 1. The average molecular weight is 431 g/mol. The van der Waals surface area contributed by atoms with Crippen LogP contribution in [0.15, 0.2) is 37.3 Å². The van der Waals surface area contributed by atoms with Crippen LogP contribution in [0.2, 0.25) is 0 Å². The monoisotopic (exact) mass is 430 g/mol. The Kier molecular flexibility index (Phi) is 6.68. The molecule has 0 radical (unpaired) electrons. The molecule has 0 atom stereocenters. The van der Waals surface area contributed by atoms with Crippen LogP contribution in [-0.4, -0.2) is 33.2 Å². The number of rotatable bonds is 7. The van der Waals surface area contributed by atoms with Crippen molar-refractivity contribution in [2.45, 2.75) is 24.3 Å². The molecule has 0 bridgehead atoms. The molecule has 10 heteroatoms. The number of nitrogens with zero attached hydrogens (tertiary/aromatic N) is 3. The quantitative estimate of drug-likeness (QED) is 0.408. The number of ketones is 1. The molecule has 0 aliphatic heterocycles. The maximum atomic E-state index is 13.2. The summed E-state index contributed by atoms with van der Waals surface area (Å²) in [5.41, 5.74) is 6.68. The van der Waals surface area contributed by atoms with E-state index in [1.54, 1.807) is 0 Å². The van der Waals surface area contributed by atoms with E-state index in [4.69, 9.17) is 10.4 Å². The van der Waals surface area contributed by atoms with Crippen LogP contribution >= 0.6 is 27.7 Å². The molecule has 7 nitrogen and oxygen atoms in total. The van der Waals surface area contributed by atoms with Crippen molar-refractivity contribution in [3.05, 3.63) is 34.2 Å². The number of hydrogen-bond donors (Lipinski definition) is 1. The predicted molar refractivity (Wildman–Crippen MR) is 95.5 cm³/mol. The van der Waals surface area contributed by atoms with Gasteiger partial charge in [-0.05, 0) is 63.2 Å². The van der Waals surface area contributed by atoms with E-state index in [-0.39, 0.29) is 33.1 Å². The molecule has 1 aliphatic rings. The molecular weight excluding hydrogens is 415 g/mol. The Labute approximate surface area is 155 Å². The van der Waals surface area contributed by atoms with Gasteiger partial charge in [0.1, 0.15) is 11.6 Å². The van der Waals surface area contributed by atoms with Crippen LogP contribution in [0.1, 0.15) is 25.0 Å². The number of amidine groups is 1. The van der Waals surface area contributed by atoms with Crippen LogP contribution in [0.25, 0.3) is 0 Å². The lowest BCUT2D eigenvalue weighted by atomic mass is 10.2. The van der Waals surface area contributed by atoms with Crippen LogP contribution in [0.3, 0.4) is 0 Å². The maximum Gasteiger partial charge on any atom is 0.183 e. The van der Waals surface area contributed by atoms with Gasteiger partial charge in [0.25, 0.3) is 0 Å². The van der Waals surface area contributed by atoms with Crippen molar-refractivity contribution in [1.29, 1.82) is 0 Å². The Hall–Kier alpha value is -1.78. The summed E-state index contributed by atoms with van der Waals surface area (Å²) in [7, 11) is 0. The Morgan fingerprint density at radius 2 is 2.20 bits per heavy atom. The first-order valence-electron chi connectivity index (χ1n) is 7.29. The van der Waals surface area contributed by atoms with Gasteiger partial charge in [0.15, 0.2) is 16.6 Å². The highest BCUT2D eigenvalue weighted by Crippen LogP contribution is 2.33. The van der Waals surface area contributed by atoms with Crippen molar-refractivity contribution in [1.82, 2.24) is 10.3 Å². The second-order valence-electron chi connectivity index (χ2n) is 5.49. The molecule has 1 aliphatic carbocycles. The standard InChI is InChI=1S/C15H14BrFN4O2S.H2O/c16-11-6-9(3-4-12(11)17)19-14(18)13-15(21-23-20-13)24-7-10(22)5-8-1-2-8;/h3-4,6,8H,1-2,5,7H2,(H2,18,19);1H2. The Morgan fingerprint density at radius 1 is 1.44 bits per heavy atom. The Balaban J connectivity index is 0.00000225. The zero-order valence-corrected chi connectivity index (χ0v) is 15.4. The van der Waals surface area contributed by atoms with E-state index in [0.717, 1.165) is 12.8 Å². The van der Waals surface area contributed by atoms with E-state index >= 15 is 0 Å². The summed E-state index contributed by atoms with van der Waals surface area (Å²) in [5, 5.41) is 7.93. The third kappa shape index (κ3) is 5.35. The van der Waals surface area contributed by atoms with Crippen molar-refractivity contribution >= 4 is 45.0 Å². The third-order valence-electron chi connectivity index (χ3n) is 3.44.